The Kier molecular flexibility index (Phi) is 7.40. The molecule has 0 saturated carbocycles. The predicted octanol–water partition coefficient (Wildman–Crippen LogP) is 2.89. The molecule has 0 aliphatic carbocycles. The minimum absolute atomic E-state index is 0.0489. The van der Waals surface area contributed by atoms with E-state index in [0.29, 0.717) is 36.6 Å². The number of nitrogens with zero attached hydrogens (tertiary/aromatic N) is 3. The zero-order valence-corrected chi connectivity index (χ0v) is 19.4. The maximum absolute atomic E-state index is 13.3. The van der Waals surface area contributed by atoms with Crippen molar-refractivity contribution in [3.63, 3.8) is 0 Å². The third-order valence-corrected chi connectivity index (χ3v) is 7.37. The van der Waals surface area contributed by atoms with Gasteiger partial charge in [0, 0.05) is 51.0 Å². The van der Waals surface area contributed by atoms with Gasteiger partial charge in [0.2, 0.25) is 15.9 Å². The Labute approximate surface area is 187 Å². The second-order valence-corrected chi connectivity index (χ2v) is 10.1. The van der Waals surface area contributed by atoms with Crippen LogP contribution in [0.2, 0.25) is 5.02 Å². The Morgan fingerprint density at radius 2 is 2.06 bits per heavy atom. The largest absolute Gasteiger partial charge is 0.383 e. The molecule has 1 saturated heterocycles. The molecule has 2 heterocycles. The molecule has 0 unspecified atom stereocenters. The molecule has 168 valence electrons. The topological polar surface area (TPSA) is 95.8 Å². The summed E-state index contributed by atoms with van der Waals surface area (Å²) in [5.74, 6) is -0.401. The van der Waals surface area contributed by atoms with Gasteiger partial charge in [-0.25, -0.2) is 8.42 Å². The summed E-state index contributed by atoms with van der Waals surface area (Å²) >= 11 is 5.89. The van der Waals surface area contributed by atoms with Crippen LogP contribution in [-0.2, 0) is 21.4 Å². The van der Waals surface area contributed by atoms with Gasteiger partial charge in [0.15, 0.2) is 10.7 Å². The molecule has 1 aromatic heterocycles. The molecule has 1 aromatic carbocycles. The van der Waals surface area contributed by atoms with Crippen LogP contribution in [0.5, 0.6) is 0 Å². The smallest absolute Gasteiger partial charge is 0.248 e. The lowest BCUT2D eigenvalue weighted by molar-refractivity contribution is -0.126. The van der Waals surface area contributed by atoms with Crippen LogP contribution in [-0.4, -0.2) is 55.9 Å². The molecular weight excluding hydrogens is 440 g/mol. The van der Waals surface area contributed by atoms with E-state index >= 15 is 0 Å². The van der Waals surface area contributed by atoms with E-state index < -0.39 is 15.9 Å². The van der Waals surface area contributed by atoms with Crippen molar-refractivity contribution in [1.82, 2.24) is 19.7 Å². The fraction of sp³-hybridized carbons (Fsp3) is 0.429. The fourth-order valence-corrected chi connectivity index (χ4v) is 5.36. The standard InChI is InChI=1S/C21H27ClN4O4S/c1-15-20(19(30-24-15)10-12-25(2)3)31(28,29)26-11-4-5-17(14-26)21(27)23-13-16-6-8-18(22)9-7-16/h6-10,12,17H,4-5,11,13-14H2,1-3H3,(H,23,27)/b12-10+/t17-/m0/s1. The summed E-state index contributed by atoms with van der Waals surface area (Å²) in [7, 11) is -0.203. The highest BCUT2D eigenvalue weighted by Gasteiger charge is 2.36. The van der Waals surface area contributed by atoms with Crippen LogP contribution in [0.15, 0.2) is 39.9 Å². The van der Waals surface area contributed by atoms with Crippen molar-refractivity contribution in [2.45, 2.75) is 31.2 Å². The van der Waals surface area contributed by atoms with Crippen LogP contribution >= 0.6 is 11.6 Å². The van der Waals surface area contributed by atoms with Gasteiger partial charge in [-0.15, -0.1) is 0 Å². The molecule has 0 bridgehead atoms. The second-order valence-electron chi connectivity index (χ2n) is 7.79. The molecule has 1 aliphatic heterocycles. The second kappa shape index (κ2) is 9.84. The molecule has 8 nitrogen and oxygen atoms in total. The molecular formula is C21H27ClN4O4S. The zero-order valence-electron chi connectivity index (χ0n) is 17.8. The summed E-state index contributed by atoms with van der Waals surface area (Å²) in [6.45, 7) is 2.44. The molecule has 1 amide bonds. The van der Waals surface area contributed by atoms with E-state index in [1.807, 2.05) is 26.2 Å². The molecule has 10 heteroatoms. The number of hydrogen-bond acceptors (Lipinski definition) is 6. The van der Waals surface area contributed by atoms with Crippen LogP contribution in [0.3, 0.4) is 0 Å². The van der Waals surface area contributed by atoms with Crippen molar-refractivity contribution in [3.05, 3.63) is 52.5 Å². The van der Waals surface area contributed by atoms with E-state index in [2.05, 4.69) is 10.5 Å². The summed E-state index contributed by atoms with van der Waals surface area (Å²) in [4.78, 5) is 14.5. The number of aromatic nitrogens is 1. The van der Waals surface area contributed by atoms with Crippen LogP contribution in [0, 0.1) is 12.8 Å². The van der Waals surface area contributed by atoms with E-state index in [-0.39, 0.29) is 23.1 Å². The van der Waals surface area contributed by atoms with Crippen molar-refractivity contribution >= 4 is 33.6 Å². The predicted molar refractivity (Wildman–Crippen MR) is 119 cm³/mol. The molecule has 1 aliphatic rings. The van der Waals surface area contributed by atoms with Gasteiger partial charge in [0.25, 0.3) is 0 Å². The van der Waals surface area contributed by atoms with Crippen molar-refractivity contribution in [2.75, 3.05) is 27.2 Å². The van der Waals surface area contributed by atoms with E-state index in [1.54, 1.807) is 36.2 Å². The monoisotopic (exact) mass is 466 g/mol. The highest BCUT2D eigenvalue weighted by atomic mass is 35.5. The first kappa shape index (κ1) is 23.3. The van der Waals surface area contributed by atoms with Crippen molar-refractivity contribution in [1.29, 1.82) is 0 Å². The highest BCUT2D eigenvalue weighted by molar-refractivity contribution is 7.89. The molecule has 31 heavy (non-hydrogen) atoms. The average Bonchev–Trinajstić information content (AvgIpc) is 3.13. The third kappa shape index (κ3) is 5.66. The van der Waals surface area contributed by atoms with Gasteiger partial charge in [-0.1, -0.05) is 28.9 Å². The lowest BCUT2D eigenvalue weighted by Gasteiger charge is -2.31. The number of carbonyl (C=O) groups is 1. The minimum atomic E-state index is -3.85. The number of aryl methyl sites for hydroxylation is 1. The van der Waals surface area contributed by atoms with Gasteiger partial charge in [-0.3, -0.25) is 4.79 Å². The maximum atomic E-state index is 13.3. The van der Waals surface area contributed by atoms with Crippen LogP contribution in [0.25, 0.3) is 6.08 Å². The number of benzene rings is 1. The molecule has 0 spiro atoms. The number of amides is 1. The Hall–Kier alpha value is -2.36. The lowest BCUT2D eigenvalue weighted by atomic mass is 9.99. The number of carbonyl (C=O) groups excluding carboxylic acids is 1. The number of nitrogens with one attached hydrogen (secondary N) is 1. The van der Waals surface area contributed by atoms with Crippen molar-refractivity contribution in [3.8, 4) is 0 Å². The quantitative estimate of drug-likeness (QED) is 0.674. The third-order valence-electron chi connectivity index (χ3n) is 5.09. The summed E-state index contributed by atoms with van der Waals surface area (Å²) in [5.41, 5.74) is 1.23. The van der Waals surface area contributed by atoms with E-state index in [0.717, 1.165) is 5.56 Å². The van der Waals surface area contributed by atoms with Crippen LogP contribution in [0.1, 0.15) is 29.9 Å². The Balaban J connectivity index is 1.71. The highest BCUT2D eigenvalue weighted by Crippen LogP contribution is 2.29. The Morgan fingerprint density at radius 3 is 2.74 bits per heavy atom. The van der Waals surface area contributed by atoms with Gasteiger partial charge < -0.3 is 14.7 Å². The first-order valence-corrected chi connectivity index (χ1v) is 11.8. The lowest BCUT2D eigenvalue weighted by Crippen LogP contribution is -2.45. The summed E-state index contributed by atoms with van der Waals surface area (Å²) < 4.78 is 33.3. The molecule has 1 atom stereocenters. The first-order valence-electron chi connectivity index (χ1n) is 10.0. The van der Waals surface area contributed by atoms with Gasteiger partial charge in [0.05, 0.1) is 5.92 Å². The summed E-state index contributed by atoms with van der Waals surface area (Å²) in [6.07, 6.45) is 4.51. The number of halogens is 1. The number of piperidine rings is 1. The molecule has 3 rings (SSSR count). The Morgan fingerprint density at radius 1 is 1.35 bits per heavy atom. The maximum Gasteiger partial charge on any atom is 0.248 e. The summed E-state index contributed by atoms with van der Waals surface area (Å²) in [6, 6.07) is 7.22. The molecule has 1 N–H and O–H groups in total. The van der Waals surface area contributed by atoms with Crippen LogP contribution in [0.4, 0.5) is 0 Å². The summed E-state index contributed by atoms with van der Waals surface area (Å²) in [5, 5.41) is 7.37. The molecule has 1 fully saturated rings. The van der Waals surface area contributed by atoms with Gasteiger partial charge in [-0.2, -0.15) is 4.31 Å². The Bertz CT molecular complexity index is 1050. The SMILES string of the molecule is Cc1noc(/C=C/N(C)C)c1S(=O)(=O)N1CCC[C@H](C(=O)NCc2ccc(Cl)cc2)C1. The average molecular weight is 467 g/mol. The zero-order chi connectivity index (χ0) is 22.6. The minimum Gasteiger partial charge on any atom is -0.383 e. The van der Waals surface area contributed by atoms with Crippen molar-refractivity contribution in [2.24, 2.45) is 5.92 Å². The number of hydrogen-bond donors (Lipinski definition) is 1. The molecule has 2 aromatic rings. The fourth-order valence-electron chi connectivity index (χ4n) is 3.46. The number of rotatable bonds is 7. The number of sulfonamides is 1. The molecule has 0 radical (unpaired) electrons. The van der Waals surface area contributed by atoms with E-state index in [9.17, 15) is 13.2 Å². The van der Waals surface area contributed by atoms with Gasteiger partial charge in [-0.05, 0) is 37.5 Å². The normalized spacial score (nSPS) is 17.7. The first-order chi connectivity index (χ1) is 14.7. The van der Waals surface area contributed by atoms with E-state index in [1.165, 1.54) is 4.31 Å². The van der Waals surface area contributed by atoms with Gasteiger partial charge >= 0.3 is 0 Å². The van der Waals surface area contributed by atoms with Crippen molar-refractivity contribution < 1.29 is 17.7 Å². The van der Waals surface area contributed by atoms with Crippen LogP contribution < -0.4 is 5.32 Å². The van der Waals surface area contributed by atoms with E-state index in [4.69, 9.17) is 16.1 Å². The van der Waals surface area contributed by atoms with Gasteiger partial charge in [0.1, 0.15) is 5.69 Å².